The zero-order chi connectivity index (χ0) is 13.3. The highest BCUT2D eigenvalue weighted by Crippen LogP contribution is 2.35. The minimum absolute atomic E-state index is 0.172. The van der Waals surface area contributed by atoms with Gasteiger partial charge in [-0.3, -0.25) is 4.79 Å². The third-order valence-electron chi connectivity index (χ3n) is 2.86. The number of aromatic nitrogens is 3. The predicted molar refractivity (Wildman–Crippen MR) is 55.3 cm³/mol. The second kappa shape index (κ2) is 4.58. The van der Waals surface area contributed by atoms with Gasteiger partial charge in [0.15, 0.2) is 5.69 Å². The van der Waals surface area contributed by atoms with E-state index in [1.165, 1.54) is 0 Å². The standard InChI is InChI=1S/C10H13F3N4O/c11-10(12,13)9-7(5-8(14)18)15-16-17(9)4-3-6-1-2-6/h6H,1-5H2,(H2,14,18). The number of carbonyl (C=O) groups excluding carboxylic acids is 1. The first-order valence-corrected chi connectivity index (χ1v) is 5.66. The van der Waals surface area contributed by atoms with Crippen LogP contribution in [0.5, 0.6) is 0 Å². The number of amides is 1. The summed E-state index contributed by atoms with van der Waals surface area (Å²) in [6.07, 6.45) is -2.34. The van der Waals surface area contributed by atoms with E-state index in [-0.39, 0.29) is 6.54 Å². The molecule has 5 nitrogen and oxygen atoms in total. The number of primary amides is 1. The molecule has 1 aromatic rings. The lowest BCUT2D eigenvalue weighted by Crippen LogP contribution is -2.20. The lowest BCUT2D eigenvalue weighted by molar-refractivity contribution is -0.145. The molecule has 0 atom stereocenters. The van der Waals surface area contributed by atoms with Gasteiger partial charge < -0.3 is 5.73 Å². The van der Waals surface area contributed by atoms with Crippen LogP contribution < -0.4 is 5.73 Å². The Kier molecular flexibility index (Phi) is 3.27. The highest BCUT2D eigenvalue weighted by atomic mass is 19.4. The van der Waals surface area contributed by atoms with Crippen LogP contribution in [-0.4, -0.2) is 20.9 Å². The first-order chi connectivity index (χ1) is 8.38. The van der Waals surface area contributed by atoms with Gasteiger partial charge in [0.1, 0.15) is 5.69 Å². The summed E-state index contributed by atoms with van der Waals surface area (Å²) >= 11 is 0. The Labute approximate surface area is 101 Å². The Balaban J connectivity index is 2.21. The number of carbonyl (C=O) groups is 1. The van der Waals surface area contributed by atoms with Crippen LogP contribution >= 0.6 is 0 Å². The van der Waals surface area contributed by atoms with Gasteiger partial charge >= 0.3 is 6.18 Å². The van der Waals surface area contributed by atoms with Gasteiger partial charge in [-0.25, -0.2) is 4.68 Å². The molecule has 1 saturated carbocycles. The van der Waals surface area contributed by atoms with Crippen LogP contribution in [0.1, 0.15) is 30.7 Å². The first-order valence-electron chi connectivity index (χ1n) is 5.66. The Morgan fingerprint density at radius 3 is 2.61 bits per heavy atom. The number of nitrogens with two attached hydrogens (primary N) is 1. The van der Waals surface area contributed by atoms with Crippen molar-refractivity contribution in [2.45, 2.75) is 38.4 Å². The van der Waals surface area contributed by atoms with E-state index in [2.05, 4.69) is 10.3 Å². The number of aryl methyl sites for hydroxylation is 1. The molecule has 1 amide bonds. The topological polar surface area (TPSA) is 73.8 Å². The summed E-state index contributed by atoms with van der Waals surface area (Å²) in [4.78, 5) is 10.7. The second-order valence-corrected chi connectivity index (χ2v) is 4.48. The Hall–Kier alpha value is -1.60. The average Bonchev–Trinajstić information content (AvgIpc) is 2.95. The van der Waals surface area contributed by atoms with Gasteiger partial charge in [-0.2, -0.15) is 13.2 Å². The van der Waals surface area contributed by atoms with Gasteiger partial charge in [-0.1, -0.05) is 18.1 Å². The van der Waals surface area contributed by atoms with Crippen molar-refractivity contribution in [2.75, 3.05) is 0 Å². The molecule has 2 rings (SSSR count). The maximum Gasteiger partial charge on any atom is 0.434 e. The Morgan fingerprint density at radius 2 is 2.11 bits per heavy atom. The fourth-order valence-corrected chi connectivity index (χ4v) is 1.81. The predicted octanol–water partition coefficient (Wildman–Crippen LogP) is 1.12. The molecule has 100 valence electrons. The van der Waals surface area contributed by atoms with Gasteiger partial charge in [0.2, 0.25) is 5.91 Å². The molecule has 18 heavy (non-hydrogen) atoms. The number of alkyl halides is 3. The van der Waals surface area contributed by atoms with E-state index < -0.39 is 29.9 Å². The van der Waals surface area contributed by atoms with E-state index in [0.29, 0.717) is 12.3 Å². The van der Waals surface area contributed by atoms with Crippen molar-refractivity contribution in [1.82, 2.24) is 15.0 Å². The zero-order valence-electron chi connectivity index (χ0n) is 9.57. The molecular weight excluding hydrogens is 249 g/mol. The van der Waals surface area contributed by atoms with Gasteiger partial charge in [0.25, 0.3) is 0 Å². The minimum atomic E-state index is -4.57. The molecule has 2 N–H and O–H groups in total. The summed E-state index contributed by atoms with van der Waals surface area (Å²) in [5.74, 6) is -0.357. The molecule has 0 aliphatic heterocycles. The van der Waals surface area contributed by atoms with Crippen molar-refractivity contribution >= 4 is 5.91 Å². The van der Waals surface area contributed by atoms with Crippen LogP contribution in [0.15, 0.2) is 0 Å². The normalized spacial score (nSPS) is 15.9. The fraction of sp³-hybridized carbons (Fsp3) is 0.700. The third kappa shape index (κ3) is 2.99. The molecule has 0 saturated heterocycles. The van der Waals surface area contributed by atoms with Crippen LogP contribution in [0.25, 0.3) is 0 Å². The van der Waals surface area contributed by atoms with Crippen molar-refractivity contribution in [1.29, 1.82) is 0 Å². The van der Waals surface area contributed by atoms with Gasteiger partial charge in [0, 0.05) is 6.54 Å². The molecule has 1 aliphatic carbocycles. The molecule has 0 aromatic carbocycles. The highest BCUT2D eigenvalue weighted by molar-refractivity contribution is 5.76. The monoisotopic (exact) mass is 262 g/mol. The average molecular weight is 262 g/mol. The van der Waals surface area contributed by atoms with Crippen molar-refractivity contribution in [3.8, 4) is 0 Å². The van der Waals surface area contributed by atoms with E-state index in [9.17, 15) is 18.0 Å². The lowest BCUT2D eigenvalue weighted by Gasteiger charge is -2.10. The molecule has 1 aliphatic rings. The SMILES string of the molecule is NC(=O)Cc1nnn(CCC2CC2)c1C(F)(F)F. The number of rotatable bonds is 5. The molecule has 0 unspecified atom stereocenters. The largest absolute Gasteiger partial charge is 0.434 e. The van der Waals surface area contributed by atoms with Crippen LogP contribution in [0.3, 0.4) is 0 Å². The van der Waals surface area contributed by atoms with E-state index in [4.69, 9.17) is 5.73 Å². The number of hydrogen-bond acceptors (Lipinski definition) is 3. The maximum absolute atomic E-state index is 12.9. The molecule has 0 bridgehead atoms. The number of nitrogens with zero attached hydrogens (tertiary/aromatic N) is 3. The molecule has 1 heterocycles. The summed E-state index contributed by atoms with van der Waals surface area (Å²) in [6.45, 7) is 0.172. The Bertz CT molecular complexity index is 450. The first kappa shape index (κ1) is 12.8. The molecule has 1 aromatic heterocycles. The van der Waals surface area contributed by atoms with E-state index in [1.54, 1.807) is 0 Å². The van der Waals surface area contributed by atoms with Crippen LogP contribution in [0.2, 0.25) is 0 Å². The summed E-state index contributed by atoms with van der Waals surface area (Å²) < 4.78 is 39.5. The van der Waals surface area contributed by atoms with E-state index in [0.717, 1.165) is 17.5 Å². The second-order valence-electron chi connectivity index (χ2n) is 4.48. The minimum Gasteiger partial charge on any atom is -0.369 e. The zero-order valence-corrected chi connectivity index (χ0v) is 9.57. The van der Waals surface area contributed by atoms with Crippen LogP contribution in [0, 0.1) is 5.92 Å². The molecule has 0 radical (unpaired) electrons. The smallest absolute Gasteiger partial charge is 0.369 e. The summed E-state index contributed by atoms with van der Waals surface area (Å²) in [5.41, 5.74) is 3.54. The maximum atomic E-state index is 12.9. The number of halogens is 3. The molecular formula is C10H13F3N4O. The van der Waals surface area contributed by atoms with Gasteiger partial charge in [-0.05, 0) is 12.3 Å². The van der Waals surface area contributed by atoms with E-state index in [1.807, 2.05) is 0 Å². The van der Waals surface area contributed by atoms with Gasteiger partial charge in [-0.15, -0.1) is 5.10 Å². The summed E-state index contributed by atoms with van der Waals surface area (Å²) in [5, 5.41) is 6.89. The van der Waals surface area contributed by atoms with Crippen LogP contribution in [0.4, 0.5) is 13.2 Å². The quantitative estimate of drug-likeness (QED) is 0.864. The lowest BCUT2D eigenvalue weighted by atomic mass is 10.2. The number of hydrogen-bond donors (Lipinski definition) is 1. The fourth-order valence-electron chi connectivity index (χ4n) is 1.81. The molecule has 0 spiro atoms. The molecule has 8 heteroatoms. The third-order valence-corrected chi connectivity index (χ3v) is 2.86. The molecule has 1 fully saturated rings. The van der Waals surface area contributed by atoms with Crippen molar-refractivity contribution < 1.29 is 18.0 Å². The van der Waals surface area contributed by atoms with E-state index >= 15 is 0 Å². The van der Waals surface area contributed by atoms with Crippen molar-refractivity contribution in [3.05, 3.63) is 11.4 Å². The summed E-state index contributed by atoms with van der Waals surface area (Å²) in [6, 6.07) is 0. The Morgan fingerprint density at radius 1 is 1.44 bits per heavy atom. The highest BCUT2D eigenvalue weighted by Gasteiger charge is 2.39. The van der Waals surface area contributed by atoms with Crippen LogP contribution in [-0.2, 0) is 23.9 Å². The summed E-state index contributed by atoms with van der Waals surface area (Å²) in [7, 11) is 0. The van der Waals surface area contributed by atoms with Crippen molar-refractivity contribution in [3.63, 3.8) is 0 Å². The van der Waals surface area contributed by atoms with Crippen molar-refractivity contribution in [2.24, 2.45) is 11.7 Å². The van der Waals surface area contributed by atoms with Gasteiger partial charge in [0.05, 0.1) is 6.42 Å².